The van der Waals surface area contributed by atoms with Gasteiger partial charge in [-0.15, -0.1) is 9.24 Å². The average Bonchev–Trinajstić information content (AvgIpc) is 1.68. The summed E-state index contributed by atoms with van der Waals surface area (Å²) in [6, 6.07) is 0. The van der Waals surface area contributed by atoms with Crippen LogP contribution in [0.1, 0.15) is 13.3 Å². The SMILES string of the molecule is C[C@@H](CN)CCP. The topological polar surface area (TPSA) is 26.0 Å². The Morgan fingerprint density at radius 3 is 2.43 bits per heavy atom. The molecule has 1 nitrogen and oxygen atoms in total. The predicted octanol–water partition coefficient (Wildman–Crippen LogP) is 0.846. The van der Waals surface area contributed by atoms with Crippen molar-refractivity contribution in [1.29, 1.82) is 0 Å². The second-order valence-electron chi connectivity index (χ2n) is 1.92. The maximum atomic E-state index is 5.35. The van der Waals surface area contributed by atoms with E-state index in [-0.39, 0.29) is 0 Å². The van der Waals surface area contributed by atoms with Crippen molar-refractivity contribution in [2.45, 2.75) is 13.3 Å². The van der Waals surface area contributed by atoms with E-state index in [4.69, 9.17) is 5.73 Å². The summed E-state index contributed by atoms with van der Waals surface area (Å²) in [4.78, 5) is 0. The van der Waals surface area contributed by atoms with E-state index in [9.17, 15) is 0 Å². The first-order chi connectivity index (χ1) is 3.31. The molecule has 1 unspecified atom stereocenters. The smallest absolute Gasteiger partial charge is 0.00514 e. The molecule has 7 heavy (non-hydrogen) atoms. The molecule has 2 N–H and O–H groups in total. The monoisotopic (exact) mass is 119 g/mol. The molecule has 0 aliphatic heterocycles. The second kappa shape index (κ2) is 4.55. The fraction of sp³-hybridized carbons (Fsp3) is 1.00. The van der Waals surface area contributed by atoms with Crippen LogP contribution in [0.5, 0.6) is 0 Å². The van der Waals surface area contributed by atoms with Gasteiger partial charge in [0.15, 0.2) is 0 Å². The highest BCUT2D eigenvalue weighted by molar-refractivity contribution is 7.16. The van der Waals surface area contributed by atoms with E-state index in [1.807, 2.05) is 0 Å². The van der Waals surface area contributed by atoms with Gasteiger partial charge in [-0.3, -0.25) is 0 Å². The zero-order chi connectivity index (χ0) is 5.70. The highest BCUT2D eigenvalue weighted by Crippen LogP contribution is 2.00. The molecule has 0 spiro atoms. The Labute approximate surface area is 47.9 Å². The van der Waals surface area contributed by atoms with Crippen LogP contribution in [0.4, 0.5) is 0 Å². The zero-order valence-electron chi connectivity index (χ0n) is 4.85. The van der Waals surface area contributed by atoms with Crippen LogP contribution in [0.15, 0.2) is 0 Å². The maximum absolute atomic E-state index is 5.35. The lowest BCUT2D eigenvalue weighted by atomic mass is 10.1. The van der Waals surface area contributed by atoms with Crippen molar-refractivity contribution in [2.24, 2.45) is 11.7 Å². The molecule has 0 fully saturated rings. The number of hydrogen-bond donors (Lipinski definition) is 1. The molecule has 0 aromatic rings. The van der Waals surface area contributed by atoms with Crippen molar-refractivity contribution in [1.82, 2.24) is 0 Å². The van der Waals surface area contributed by atoms with Gasteiger partial charge in [-0.05, 0) is 25.0 Å². The molecule has 44 valence electrons. The van der Waals surface area contributed by atoms with Crippen LogP contribution in [0.2, 0.25) is 0 Å². The molecule has 2 heteroatoms. The highest BCUT2D eigenvalue weighted by atomic mass is 31.0. The van der Waals surface area contributed by atoms with Crippen molar-refractivity contribution in [2.75, 3.05) is 12.7 Å². The summed E-state index contributed by atoms with van der Waals surface area (Å²) in [6.07, 6.45) is 2.42. The van der Waals surface area contributed by atoms with E-state index < -0.39 is 0 Å². The minimum absolute atomic E-state index is 0.706. The average molecular weight is 119 g/mol. The van der Waals surface area contributed by atoms with Crippen molar-refractivity contribution in [3.05, 3.63) is 0 Å². The quantitative estimate of drug-likeness (QED) is 0.547. The Morgan fingerprint density at radius 2 is 2.29 bits per heavy atom. The molecule has 0 saturated heterocycles. The molecule has 2 atom stereocenters. The zero-order valence-corrected chi connectivity index (χ0v) is 6.01. The maximum Gasteiger partial charge on any atom is -0.00514 e. The Kier molecular flexibility index (Phi) is 4.80. The largest absolute Gasteiger partial charge is 0.330 e. The third-order valence-electron chi connectivity index (χ3n) is 1.06. The van der Waals surface area contributed by atoms with Crippen LogP contribution < -0.4 is 5.73 Å². The van der Waals surface area contributed by atoms with Gasteiger partial charge < -0.3 is 5.73 Å². The third-order valence-corrected chi connectivity index (χ3v) is 1.40. The minimum atomic E-state index is 0.706. The molecular formula is C5H14NP. The van der Waals surface area contributed by atoms with Gasteiger partial charge >= 0.3 is 0 Å². The van der Waals surface area contributed by atoms with E-state index in [2.05, 4.69) is 16.2 Å². The van der Waals surface area contributed by atoms with Crippen LogP contribution in [-0.4, -0.2) is 12.7 Å². The van der Waals surface area contributed by atoms with Gasteiger partial charge in [0.1, 0.15) is 0 Å². The van der Waals surface area contributed by atoms with Crippen molar-refractivity contribution < 1.29 is 0 Å². The molecule has 0 radical (unpaired) electrons. The fourth-order valence-electron chi connectivity index (χ4n) is 0.402. The molecule has 0 aromatic heterocycles. The minimum Gasteiger partial charge on any atom is -0.330 e. The van der Waals surface area contributed by atoms with Gasteiger partial charge in [0, 0.05) is 0 Å². The summed E-state index contributed by atoms with van der Waals surface area (Å²) in [5.41, 5.74) is 5.35. The summed E-state index contributed by atoms with van der Waals surface area (Å²) < 4.78 is 0. The van der Waals surface area contributed by atoms with Gasteiger partial charge in [0.25, 0.3) is 0 Å². The molecule has 0 bridgehead atoms. The first kappa shape index (κ1) is 7.39. The summed E-state index contributed by atoms with van der Waals surface area (Å²) in [7, 11) is 2.70. The molecule has 0 aromatic carbocycles. The lowest BCUT2D eigenvalue weighted by Gasteiger charge is -2.02. The number of nitrogens with two attached hydrogens (primary N) is 1. The Hall–Kier alpha value is 0.390. The van der Waals surface area contributed by atoms with E-state index in [0.29, 0.717) is 5.92 Å². The Balaban J connectivity index is 2.83. The van der Waals surface area contributed by atoms with Crippen LogP contribution in [0, 0.1) is 5.92 Å². The third kappa shape index (κ3) is 4.24. The number of hydrogen-bond acceptors (Lipinski definition) is 1. The number of rotatable bonds is 3. The lowest BCUT2D eigenvalue weighted by molar-refractivity contribution is 0.580. The first-order valence-corrected chi connectivity index (χ1v) is 3.53. The van der Waals surface area contributed by atoms with Crippen LogP contribution in [-0.2, 0) is 0 Å². The summed E-state index contributed by atoms with van der Waals surface area (Å²) in [6.45, 7) is 3.00. The lowest BCUT2D eigenvalue weighted by Crippen LogP contribution is -2.10. The summed E-state index contributed by atoms with van der Waals surface area (Å²) in [5, 5.41) is 0. The summed E-state index contributed by atoms with van der Waals surface area (Å²) >= 11 is 0. The molecule has 0 aliphatic rings. The molecule has 0 aliphatic carbocycles. The predicted molar refractivity (Wildman–Crippen MR) is 37.4 cm³/mol. The second-order valence-corrected chi connectivity index (χ2v) is 2.50. The van der Waals surface area contributed by atoms with E-state index in [1.165, 1.54) is 12.6 Å². The van der Waals surface area contributed by atoms with Crippen LogP contribution >= 0.6 is 9.24 Å². The van der Waals surface area contributed by atoms with Gasteiger partial charge in [-0.1, -0.05) is 6.92 Å². The van der Waals surface area contributed by atoms with Crippen LogP contribution in [0.25, 0.3) is 0 Å². The highest BCUT2D eigenvalue weighted by Gasteiger charge is 1.93. The molecule has 0 saturated carbocycles. The van der Waals surface area contributed by atoms with Crippen molar-refractivity contribution >= 4 is 9.24 Å². The summed E-state index contributed by atoms with van der Waals surface area (Å²) in [5.74, 6) is 0.706. The first-order valence-electron chi connectivity index (χ1n) is 2.71. The van der Waals surface area contributed by atoms with Gasteiger partial charge in [-0.2, -0.15) is 0 Å². The normalized spacial score (nSPS) is 14.1. The van der Waals surface area contributed by atoms with Crippen molar-refractivity contribution in [3.8, 4) is 0 Å². The fourth-order valence-corrected chi connectivity index (χ4v) is 0.971. The van der Waals surface area contributed by atoms with Crippen molar-refractivity contribution in [3.63, 3.8) is 0 Å². The molecule has 0 amide bonds. The van der Waals surface area contributed by atoms with E-state index in [0.717, 1.165) is 6.54 Å². The van der Waals surface area contributed by atoms with Gasteiger partial charge in [0.05, 0.1) is 0 Å². The van der Waals surface area contributed by atoms with E-state index in [1.54, 1.807) is 0 Å². The van der Waals surface area contributed by atoms with Gasteiger partial charge in [0.2, 0.25) is 0 Å². The van der Waals surface area contributed by atoms with Gasteiger partial charge in [-0.25, -0.2) is 0 Å². The molecule has 0 heterocycles. The van der Waals surface area contributed by atoms with Crippen LogP contribution in [0.3, 0.4) is 0 Å². The molecule has 0 rings (SSSR count). The standard InChI is InChI=1S/C5H14NP/c1-5(4-6)2-3-7/h5H,2-4,6-7H2,1H3/t5-/m1/s1. The Morgan fingerprint density at radius 1 is 1.71 bits per heavy atom. The van der Waals surface area contributed by atoms with E-state index >= 15 is 0 Å². The Bertz CT molecular complexity index is 39.1. The molecular weight excluding hydrogens is 105 g/mol.